The van der Waals surface area contributed by atoms with Crippen molar-refractivity contribution in [2.24, 2.45) is 0 Å². The van der Waals surface area contributed by atoms with Crippen molar-refractivity contribution in [1.29, 1.82) is 0 Å². The van der Waals surface area contributed by atoms with Crippen LogP contribution >= 0.6 is 0 Å². The molecule has 1 heterocycles. The Kier molecular flexibility index (Phi) is 3.76. The van der Waals surface area contributed by atoms with Gasteiger partial charge < -0.3 is 4.81 Å². The van der Waals surface area contributed by atoms with Gasteiger partial charge in [0, 0.05) is 12.8 Å². The molecule has 0 spiro atoms. The van der Waals surface area contributed by atoms with Crippen LogP contribution in [0, 0.1) is 0 Å². The Hall–Kier alpha value is -0.795. The summed E-state index contributed by atoms with van der Waals surface area (Å²) in [4.78, 5) is 21.4. The third-order valence-electron chi connectivity index (χ3n) is 1.09. The van der Waals surface area contributed by atoms with E-state index in [2.05, 4.69) is 0 Å². The molecule has 0 N–H and O–H groups in total. The summed E-state index contributed by atoms with van der Waals surface area (Å²) in [5.41, 5.74) is 0. The molecule has 0 saturated carbocycles. The highest BCUT2D eigenvalue weighted by Crippen LogP contribution is 2.06. The summed E-state index contributed by atoms with van der Waals surface area (Å²) in [5, 5.41) is 0. The van der Waals surface area contributed by atoms with E-state index in [0.717, 1.165) is 0 Å². The lowest BCUT2D eigenvalue weighted by Gasteiger charge is -2.02. The number of carbonyl (C=O) groups is 2. The van der Waals surface area contributed by atoms with E-state index in [0.29, 0.717) is 4.81 Å². The SMILES string of the molecule is CC.[B]N1C(=O)CCC1=O. The smallest absolute Gasteiger partial charge is 0.242 e. The standard InChI is InChI=1S/C4H4BNO2.C2H6/c5-6-3(7)1-2-4(6)8;1-2/h1-2H2;1-2H3. The monoisotopic (exact) mass is 139 g/mol. The molecule has 0 aromatic heterocycles. The normalized spacial score (nSPS) is 16.8. The van der Waals surface area contributed by atoms with E-state index >= 15 is 0 Å². The molecule has 1 saturated heterocycles. The summed E-state index contributed by atoms with van der Waals surface area (Å²) >= 11 is 0. The maximum Gasteiger partial charge on any atom is 0.242 e. The molecule has 0 unspecified atom stereocenters. The Morgan fingerprint density at radius 3 is 1.60 bits per heavy atom. The number of amides is 2. The van der Waals surface area contributed by atoms with Gasteiger partial charge in [0.05, 0.1) is 0 Å². The van der Waals surface area contributed by atoms with Crippen molar-refractivity contribution in [3.63, 3.8) is 0 Å². The third-order valence-corrected chi connectivity index (χ3v) is 1.09. The van der Waals surface area contributed by atoms with Crippen LogP contribution < -0.4 is 0 Å². The molecule has 4 heteroatoms. The van der Waals surface area contributed by atoms with Crippen molar-refractivity contribution in [3.05, 3.63) is 0 Å². The molecular formula is C6H10BNO2. The van der Waals surface area contributed by atoms with Gasteiger partial charge in [0.2, 0.25) is 19.8 Å². The van der Waals surface area contributed by atoms with E-state index in [1.54, 1.807) is 0 Å². The molecular weight excluding hydrogens is 129 g/mol. The second kappa shape index (κ2) is 4.09. The van der Waals surface area contributed by atoms with E-state index in [1.165, 1.54) is 0 Å². The molecule has 0 atom stereocenters. The molecule has 3 nitrogen and oxygen atoms in total. The van der Waals surface area contributed by atoms with Crippen molar-refractivity contribution in [2.75, 3.05) is 0 Å². The third kappa shape index (κ3) is 1.86. The van der Waals surface area contributed by atoms with Gasteiger partial charge in [-0.2, -0.15) is 0 Å². The molecule has 54 valence electrons. The predicted molar refractivity (Wildman–Crippen MR) is 38.2 cm³/mol. The highest BCUT2D eigenvalue weighted by molar-refractivity contribution is 6.27. The van der Waals surface area contributed by atoms with Gasteiger partial charge in [0.1, 0.15) is 0 Å². The van der Waals surface area contributed by atoms with Gasteiger partial charge in [-0.3, -0.25) is 9.59 Å². The number of imide groups is 1. The summed E-state index contributed by atoms with van der Waals surface area (Å²) in [7, 11) is 4.96. The number of nitrogens with zero attached hydrogens (tertiary/aromatic N) is 1. The van der Waals surface area contributed by atoms with Crippen molar-refractivity contribution < 1.29 is 9.59 Å². The van der Waals surface area contributed by atoms with Crippen molar-refractivity contribution in [1.82, 2.24) is 4.81 Å². The fourth-order valence-electron chi connectivity index (χ4n) is 0.594. The van der Waals surface area contributed by atoms with E-state index in [1.807, 2.05) is 13.8 Å². The van der Waals surface area contributed by atoms with Gasteiger partial charge in [-0.25, -0.2) is 0 Å². The fraction of sp³-hybridized carbons (Fsp3) is 0.667. The van der Waals surface area contributed by atoms with Crippen LogP contribution in [-0.4, -0.2) is 24.6 Å². The topological polar surface area (TPSA) is 37.4 Å². The molecule has 0 aromatic rings. The van der Waals surface area contributed by atoms with Crippen LogP contribution in [0.15, 0.2) is 0 Å². The molecule has 1 rings (SSSR count). The van der Waals surface area contributed by atoms with Gasteiger partial charge in [-0.1, -0.05) is 13.8 Å². The molecule has 1 fully saturated rings. The summed E-state index contributed by atoms with van der Waals surface area (Å²) in [5.74, 6) is -0.565. The lowest BCUT2D eigenvalue weighted by molar-refractivity contribution is -0.132. The average molecular weight is 139 g/mol. The fourth-order valence-corrected chi connectivity index (χ4v) is 0.594. The van der Waals surface area contributed by atoms with Crippen molar-refractivity contribution >= 4 is 19.8 Å². The van der Waals surface area contributed by atoms with Crippen LogP contribution in [0.1, 0.15) is 26.7 Å². The van der Waals surface area contributed by atoms with Crippen LogP contribution in [0.3, 0.4) is 0 Å². The van der Waals surface area contributed by atoms with E-state index in [4.69, 9.17) is 7.98 Å². The second-order valence-electron chi connectivity index (χ2n) is 1.66. The molecule has 0 aromatic carbocycles. The first-order valence-electron chi connectivity index (χ1n) is 3.32. The first-order valence-corrected chi connectivity index (χ1v) is 3.32. The zero-order valence-electron chi connectivity index (χ0n) is 6.26. The van der Waals surface area contributed by atoms with Crippen molar-refractivity contribution in [2.45, 2.75) is 26.7 Å². The lowest BCUT2D eigenvalue weighted by Crippen LogP contribution is -2.25. The molecule has 2 radical (unpaired) electrons. The summed E-state index contributed by atoms with van der Waals surface area (Å²) in [6.07, 6.45) is 0.546. The zero-order valence-corrected chi connectivity index (χ0v) is 6.26. The Morgan fingerprint density at radius 1 is 1.20 bits per heavy atom. The summed E-state index contributed by atoms with van der Waals surface area (Å²) in [6, 6.07) is 0. The highest BCUT2D eigenvalue weighted by atomic mass is 16.2. The largest absolute Gasteiger partial charge is 0.341 e. The minimum Gasteiger partial charge on any atom is -0.341 e. The Bertz CT molecular complexity index is 131. The lowest BCUT2D eigenvalue weighted by atomic mass is 10.3. The van der Waals surface area contributed by atoms with E-state index in [-0.39, 0.29) is 24.7 Å². The minimum absolute atomic E-state index is 0.273. The van der Waals surface area contributed by atoms with Gasteiger partial charge in [0.25, 0.3) is 0 Å². The molecule has 1 aliphatic heterocycles. The number of rotatable bonds is 0. The first-order chi connectivity index (χ1) is 4.72. The van der Waals surface area contributed by atoms with Crippen molar-refractivity contribution in [3.8, 4) is 0 Å². The highest BCUT2D eigenvalue weighted by Gasteiger charge is 2.23. The number of carbonyl (C=O) groups excluding carboxylic acids is 2. The molecule has 0 aliphatic carbocycles. The van der Waals surface area contributed by atoms with Gasteiger partial charge >= 0.3 is 0 Å². The zero-order chi connectivity index (χ0) is 8.15. The van der Waals surface area contributed by atoms with Crippen LogP contribution in [-0.2, 0) is 9.59 Å². The maximum atomic E-state index is 10.4. The number of hydrogen-bond donors (Lipinski definition) is 0. The average Bonchev–Trinajstić information content (AvgIpc) is 2.25. The first kappa shape index (κ1) is 9.20. The van der Waals surface area contributed by atoms with Crippen LogP contribution in [0.2, 0.25) is 0 Å². The van der Waals surface area contributed by atoms with Gasteiger partial charge in [-0.15, -0.1) is 0 Å². The van der Waals surface area contributed by atoms with Crippen LogP contribution in [0.25, 0.3) is 0 Å². The Labute approximate surface area is 61.8 Å². The van der Waals surface area contributed by atoms with Gasteiger partial charge in [-0.05, 0) is 0 Å². The van der Waals surface area contributed by atoms with Crippen LogP contribution in [0.5, 0.6) is 0 Å². The Morgan fingerprint density at radius 2 is 1.50 bits per heavy atom. The van der Waals surface area contributed by atoms with E-state index in [9.17, 15) is 9.59 Å². The molecule has 10 heavy (non-hydrogen) atoms. The Balaban J connectivity index is 0.000000371. The van der Waals surface area contributed by atoms with Gasteiger partial charge in [0.15, 0.2) is 0 Å². The molecule has 1 aliphatic rings. The van der Waals surface area contributed by atoms with Crippen LogP contribution in [0.4, 0.5) is 0 Å². The molecule has 2 amide bonds. The molecule has 0 bridgehead atoms. The maximum absolute atomic E-state index is 10.4. The second-order valence-corrected chi connectivity index (χ2v) is 1.66. The quantitative estimate of drug-likeness (QED) is 0.356. The summed E-state index contributed by atoms with van der Waals surface area (Å²) in [6.45, 7) is 4.00. The van der Waals surface area contributed by atoms with E-state index < -0.39 is 0 Å². The number of hydrogen-bond acceptors (Lipinski definition) is 2. The minimum atomic E-state index is -0.282. The predicted octanol–water partition coefficient (Wildman–Crippen LogP) is 0.245. The summed E-state index contributed by atoms with van der Waals surface area (Å²) < 4.78 is 0.